The molecule has 0 spiro atoms. The van der Waals surface area contributed by atoms with E-state index in [9.17, 15) is 14.4 Å². The Bertz CT molecular complexity index is 357. The van der Waals surface area contributed by atoms with E-state index in [0.29, 0.717) is 0 Å². The van der Waals surface area contributed by atoms with Crippen molar-refractivity contribution >= 4 is 42.7 Å². The average Bonchev–Trinajstić information content (AvgIpc) is 2.47. The van der Waals surface area contributed by atoms with Gasteiger partial charge >= 0.3 is 0 Å². The van der Waals surface area contributed by atoms with Gasteiger partial charge in [0.15, 0.2) is 30.9 Å². The smallest absolute Gasteiger partial charge is 0.234 e. The van der Waals surface area contributed by atoms with Crippen LogP contribution in [0.1, 0.15) is 52.9 Å². The number of amides is 2. The van der Waals surface area contributed by atoms with Crippen molar-refractivity contribution in [3.63, 3.8) is 0 Å². The van der Waals surface area contributed by atoms with Crippen molar-refractivity contribution in [1.82, 2.24) is 5.32 Å². The topological polar surface area (TPSA) is 90.9 Å². The molecule has 0 unspecified atom stereocenters. The first-order valence-electron chi connectivity index (χ1n) is 8.19. The van der Waals surface area contributed by atoms with Crippen LogP contribution in [0.3, 0.4) is 0 Å². The van der Waals surface area contributed by atoms with Crippen LogP contribution < -0.4 is 5.32 Å². The number of ketones is 1. The van der Waals surface area contributed by atoms with Crippen LogP contribution in [-0.2, 0) is 27.3 Å². The summed E-state index contributed by atoms with van der Waals surface area (Å²) in [6, 6.07) is 0. The van der Waals surface area contributed by atoms with Crippen molar-refractivity contribution in [3.05, 3.63) is 0 Å². The standard InChI is InChI=1S/C9H21O3P3.C5H5NO3/c1-4-7-13-10-14(8-5-2)12-15(11-13)9-6-3;7-3-1-4(8)6-5(9)2-3/h4-9H2,1-3H3;1-2H2,(H,6,8,9). The Kier molecular flexibility index (Phi) is 11.3. The SMILES string of the molecule is CCCP1OP(CCC)OP(CCC)O1.O=C1CC(=O)NC(=O)C1. The number of piperidine rings is 1. The van der Waals surface area contributed by atoms with Crippen LogP contribution in [0.15, 0.2) is 0 Å². The fourth-order valence-corrected chi connectivity index (χ4v) is 8.46. The highest BCUT2D eigenvalue weighted by Crippen LogP contribution is 2.72. The first kappa shape index (κ1) is 22.0. The van der Waals surface area contributed by atoms with Crippen LogP contribution in [-0.4, -0.2) is 36.1 Å². The molecule has 2 rings (SSSR count). The van der Waals surface area contributed by atoms with Gasteiger partial charge in [0.05, 0.1) is 12.8 Å². The molecule has 2 aliphatic rings. The normalized spacial score (nSPS) is 27.3. The molecule has 2 aliphatic heterocycles. The molecule has 0 saturated carbocycles. The maximum atomic E-state index is 10.4. The summed E-state index contributed by atoms with van der Waals surface area (Å²) in [5.74, 6) is -1.28. The molecule has 2 fully saturated rings. The van der Waals surface area contributed by atoms with Gasteiger partial charge in [-0.15, -0.1) is 0 Å². The second-order valence-electron chi connectivity index (χ2n) is 5.28. The van der Waals surface area contributed by atoms with Crippen LogP contribution in [0.4, 0.5) is 0 Å². The quantitative estimate of drug-likeness (QED) is 0.410. The maximum Gasteiger partial charge on any atom is 0.234 e. The number of carbonyl (C=O) groups excluding carboxylic acids is 3. The largest absolute Gasteiger partial charge is 0.299 e. The molecule has 138 valence electrons. The molecular weight excluding hydrogens is 371 g/mol. The van der Waals surface area contributed by atoms with Crippen LogP contribution >= 0.6 is 25.1 Å². The number of imide groups is 1. The van der Waals surface area contributed by atoms with Crippen molar-refractivity contribution in [3.8, 4) is 0 Å². The van der Waals surface area contributed by atoms with E-state index in [1.807, 2.05) is 5.32 Å². The predicted octanol–water partition coefficient (Wildman–Crippen LogP) is 4.21. The molecule has 0 aromatic heterocycles. The third-order valence-electron chi connectivity index (χ3n) is 2.76. The van der Waals surface area contributed by atoms with E-state index >= 15 is 0 Å². The van der Waals surface area contributed by atoms with Crippen molar-refractivity contribution in [2.24, 2.45) is 0 Å². The molecule has 0 aromatic carbocycles. The van der Waals surface area contributed by atoms with Gasteiger partial charge in [-0.05, 0) is 19.3 Å². The number of Topliss-reactive ketones (excluding diaryl/α,β-unsaturated/α-hetero) is 1. The molecular formula is C14H26NO6P3. The van der Waals surface area contributed by atoms with Crippen molar-refractivity contribution < 1.29 is 27.3 Å². The number of hydrogen-bond acceptors (Lipinski definition) is 6. The van der Waals surface area contributed by atoms with Gasteiger partial charge in [-0.2, -0.15) is 0 Å². The molecule has 2 amide bonds. The molecule has 2 saturated heterocycles. The van der Waals surface area contributed by atoms with Gasteiger partial charge in [-0.25, -0.2) is 0 Å². The summed E-state index contributed by atoms with van der Waals surface area (Å²) in [5, 5.41) is 2.01. The Balaban J connectivity index is 0.000000272. The minimum Gasteiger partial charge on any atom is -0.299 e. The van der Waals surface area contributed by atoms with Crippen LogP contribution in [0.2, 0.25) is 0 Å². The number of hydrogen-bond donors (Lipinski definition) is 1. The first-order valence-corrected chi connectivity index (χ1v) is 12.3. The fraction of sp³-hybridized carbons (Fsp3) is 0.786. The summed E-state index contributed by atoms with van der Waals surface area (Å²) in [6.45, 7) is 6.53. The Morgan fingerprint density at radius 3 is 1.33 bits per heavy atom. The van der Waals surface area contributed by atoms with E-state index in [1.165, 1.54) is 0 Å². The van der Waals surface area contributed by atoms with Gasteiger partial charge in [0.1, 0.15) is 0 Å². The van der Waals surface area contributed by atoms with Gasteiger partial charge in [-0.1, -0.05) is 20.8 Å². The molecule has 0 radical (unpaired) electrons. The van der Waals surface area contributed by atoms with Gasteiger partial charge in [0, 0.05) is 18.5 Å². The van der Waals surface area contributed by atoms with Crippen molar-refractivity contribution in [1.29, 1.82) is 0 Å². The fourth-order valence-electron chi connectivity index (χ4n) is 1.81. The summed E-state index contributed by atoms with van der Waals surface area (Å²) < 4.78 is 17.5. The molecule has 10 heteroatoms. The third-order valence-corrected chi connectivity index (χ3v) is 9.57. The third kappa shape index (κ3) is 8.89. The van der Waals surface area contributed by atoms with Crippen molar-refractivity contribution in [2.75, 3.05) is 18.5 Å². The monoisotopic (exact) mass is 397 g/mol. The van der Waals surface area contributed by atoms with E-state index in [4.69, 9.17) is 12.9 Å². The molecule has 0 aliphatic carbocycles. The molecule has 2 heterocycles. The molecule has 7 nitrogen and oxygen atoms in total. The van der Waals surface area contributed by atoms with Crippen LogP contribution in [0.25, 0.3) is 0 Å². The summed E-state index contributed by atoms with van der Waals surface area (Å²) in [6.07, 6.45) is 6.29. The molecule has 0 aromatic rings. The maximum absolute atomic E-state index is 10.4. The highest BCUT2D eigenvalue weighted by Gasteiger charge is 2.31. The van der Waals surface area contributed by atoms with Gasteiger partial charge in [0.2, 0.25) is 11.8 Å². The Morgan fingerprint density at radius 2 is 1.08 bits per heavy atom. The molecule has 0 atom stereocenters. The highest BCUT2D eigenvalue weighted by atomic mass is 31.3. The number of rotatable bonds is 6. The second kappa shape index (κ2) is 12.4. The lowest BCUT2D eigenvalue weighted by atomic mass is 10.1. The average molecular weight is 397 g/mol. The van der Waals surface area contributed by atoms with E-state index in [-0.39, 0.29) is 18.6 Å². The molecule has 24 heavy (non-hydrogen) atoms. The molecule has 1 N–H and O–H groups in total. The van der Waals surface area contributed by atoms with Gasteiger partial charge in [-0.3, -0.25) is 32.6 Å². The Labute approximate surface area is 147 Å². The van der Waals surface area contributed by atoms with Crippen LogP contribution in [0, 0.1) is 0 Å². The van der Waals surface area contributed by atoms with Crippen LogP contribution in [0.5, 0.6) is 0 Å². The second-order valence-corrected chi connectivity index (χ2v) is 10.6. The van der Waals surface area contributed by atoms with E-state index in [0.717, 1.165) is 37.7 Å². The highest BCUT2D eigenvalue weighted by molar-refractivity contribution is 7.74. The minimum atomic E-state index is -0.641. The lowest BCUT2D eigenvalue weighted by Crippen LogP contribution is -2.38. The molecule has 0 bridgehead atoms. The number of carbonyl (C=O) groups is 3. The van der Waals surface area contributed by atoms with E-state index < -0.39 is 36.9 Å². The zero-order valence-electron chi connectivity index (χ0n) is 14.4. The summed E-state index contributed by atoms with van der Waals surface area (Å²) in [4.78, 5) is 31.1. The lowest BCUT2D eigenvalue weighted by Gasteiger charge is -2.33. The van der Waals surface area contributed by atoms with E-state index in [2.05, 4.69) is 20.8 Å². The summed E-state index contributed by atoms with van der Waals surface area (Å²) >= 11 is 0. The lowest BCUT2D eigenvalue weighted by molar-refractivity contribution is -0.138. The van der Waals surface area contributed by atoms with Gasteiger partial charge in [0.25, 0.3) is 0 Å². The zero-order chi connectivity index (χ0) is 17.9. The Morgan fingerprint density at radius 1 is 0.750 bits per heavy atom. The Hall–Kier alpha value is -0.0200. The van der Waals surface area contributed by atoms with Gasteiger partial charge < -0.3 is 0 Å². The van der Waals surface area contributed by atoms with E-state index in [1.54, 1.807) is 0 Å². The zero-order valence-corrected chi connectivity index (χ0v) is 17.1. The first-order chi connectivity index (χ1) is 11.5. The number of nitrogens with one attached hydrogen (secondary N) is 1. The van der Waals surface area contributed by atoms with Crippen molar-refractivity contribution in [2.45, 2.75) is 52.9 Å². The summed E-state index contributed by atoms with van der Waals surface area (Å²) in [5.41, 5.74) is 0. The minimum absolute atomic E-state index is 0.147. The predicted molar refractivity (Wildman–Crippen MR) is 96.9 cm³/mol. The summed E-state index contributed by atoms with van der Waals surface area (Å²) in [7, 11) is -1.92.